The van der Waals surface area contributed by atoms with Gasteiger partial charge in [0.15, 0.2) is 5.13 Å². The van der Waals surface area contributed by atoms with Crippen molar-refractivity contribution in [2.24, 2.45) is 0 Å². The van der Waals surface area contributed by atoms with Gasteiger partial charge in [-0.05, 0) is 13.0 Å². The second-order valence-corrected chi connectivity index (χ2v) is 9.00. The van der Waals surface area contributed by atoms with Gasteiger partial charge in [-0.2, -0.15) is 4.31 Å². The van der Waals surface area contributed by atoms with Crippen molar-refractivity contribution in [3.05, 3.63) is 29.0 Å². The monoisotopic (exact) mass is 442 g/mol. The average Bonchev–Trinajstić information content (AvgIpc) is 3.37. The van der Waals surface area contributed by atoms with Crippen LogP contribution >= 0.6 is 11.3 Å². The summed E-state index contributed by atoms with van der Waals surface area (Å²) in [4.78, 5) is 32.3. The topological polar surface area (TPSA) is 122 Å². The molecule has 0 aliphatic carbocycles. The molecule has 29 heavy (non-hydrogen) atoms. The Labute approximate surface area is 172 Å². The third kappa shape index (κ3) is 4.83. The molecule has 0 aromatic carbocycles. The zero-order chi connectivity index (χ0) is 21.0. The Morgan fingerprint density at radius 2 is 2.10 bits per heavy atom. The number of esters is 1. The summed E-state index contributed by atoms with van der Waals surface area (Å²) in [6, 6.07) is 1.26. The highest BCUT2D eigenvalue weighted by Gasteiger charge is 2.28. The minimum absolute atomic E-state index is 0.00217. The van der Waals surface area contributed by atoms with Crippen LogP contribution in [0.1, 0.15) is 30.0 Å². The number of carbonyl (C=O) groups excluding carboxylic acids is 2. The summed E-state index contributed by atoms with van der Waals surface area (Å²) in [6.07, 6.45) is 1.27. The molecule has 0 saturated carbocycles. The van der Waals surface area contributed by atoms with E-state index in [0.29, 0.717) is 30.6 Å². The van der Waals surface area contributed by atoms with E-state index in [1.54, 1.807) is 5.38 Å². The highest BCUT2D eigenvalue weighted by Crippen LogP contribution is 2.22. The standard InChI is InChI=1S/C17H22N4O6S2/c1-3-21(12(2)22)17-19-13(11-28-17)10-27-16(23)15-8-14(9-18-15)29(24,25)20-4-6-26-7-5-20/h8-9,11,18H,3-7,10H2,1-2H3. The first-order valence-corrected chi connectivity index (χ1v) is 11.3. The number of aromatic nitrogens is 2. The molecule has 0 spiro atoms. The van der Waals surface area contributed by atoms with Gasteiger partial charge in [0, 0.05) is 38.1 Å². The molecule has 1 fully saturated rings. The number of nitrogens with one attached hydrogen (secondary N) is 1. The van der Waals surface area contributed by atoms with E-state index < -0.39 is 16.0 Å². The SMILES string of the molecule is CCN(C(C)=O)c1nc(COC(=O)c2cc(S(=O)(=O)N3CCOCC3)c[nH]2)cs1. The molecule has 1 N–H and O–H groups in total. The molecule has 0 radical (unpaired) electrons. The fourth-order valence-corrected chi connectivity index (χ4v) is 5.09. The lowest BCUT2D eigenvalue weighted by Gasteiger charge is -2.25. The van der Waals surface area contributed by atoms with Gasteiger partial charge >= 0.3 is 5.97 Å². The summed E-state index contributed by atoms with van der Waals surface area (Å²) < 4.78 is 36.9. The zero-order valence-corrected chi connectivity index (χ0v) is 17.7. The first-order chi connectivity index (χ1) is 13.8. The van der Waals surface area contributed by atoms with E-state index in [0.717, 1.165) is 0 Å². The molecule has 1 aliphatic rings. The van der Waals surface area contributed by atoms with Gasteiger partial charge in [-0.25, -0.2) is 18.2 Å². The van der Waals surface area contributed by atoms with Gasteiger partial charge in [-0.1, -0.05) is 0 Å². The van der Waals surface area contributed by atoms with Crippen LogP contribution in [0.2, 0.25) is 0 Å². The van der Waals surface area contributed by atoms with E-state index in [1.807, 2.05) is 6.92 Å². The molecule has 0 atom stereocenters. The van der Waals surface area contributed by atoms with Crippen LogP contribution in [0.15, 0.2) is 22.5 Å². The van der Waals surface area contributed by atoms with Crippen LogP contribution in [0.3, 0.4) is 0 Å². The second-order valence-electron chi connectivity index (χ2n) is 6.23. The van der Waals surface area contributed by atoms with E-state index in [2.05, 4.69) is 9.97 Å². The van der Waals surface area contributed by atoms with Crippen LogP contribution in [0.5, 0.6) is 0 Å². The third-order valence-electron chi connectivity index (χ3n) is 4.30. The molecule has 1 saturated heterocycles. The Balaban J connectivity index is 1.62. The Morgan fingerprint density at radius 3 is 2.76 bits per heavy atom. The van der Waals surface area contributed by atoms with Gasteiger partial charge in [0.2, 0.25) is 15.9 Å². The van der Waals surface area contributed by atoms with E-state index in [4.69, 9.17) is 9.47 Å². The van der Waals surface area contributed by atoms with Crippen LogP contribution in [-0.4, -0.2) is 67.4 Å². The first-order valence-electron chi connectivity index (χ1n) is 8.99. The molecule has 3 rings (SSSR count). The van der Waals surface area contributed by atoms with Crippen LogP contribution in [-0.2, 0) is 30.9 Å². The molecule has 0 unspecified atom stereocenters. The predicted octanol–water partition coefficient (Wildman–Crippen LogP) is 1.22. The number of hydrogen-bond acceptors (Lipinski definition) is 8. The predicted molar refractivity (Wildman–Crippen MR) is 105 cm³/mol. The molecule has 3 heterocycles. The van der Waals surface area contributed by atoms with Crippen LogP contribution in [0.4, 0.5) is 5.13 Å². The van der Waals surface area contributed by atoms with Gasteiger partial charge in [-0.15, -0.1) is 11.3 Å². The van der Waals surface area contributed by atoms with Crippen LogP contribution in [0.25, 0.3) is 0 Å². The lowest BCUT2D eigenvalue weighted by molar-refractivity contribution is -0.116. The van der Waals surface area contributed by atoms with Crippen molar-refractivity contribution in [1.29, 1.82) is 0 Å². The van der Waals surface area contributed by atoms with Crippen LogP contribution < -0.4 is 4.90 Å². The minimum atomic E-state index is -3.69. The molecule has 1 aliphatic heterocycles. The van der Waals surface area contributed by atoms with E-state index >= 15 is 0 Å². The molecule has 10 nitrogen and oxygen atoms in total. The average molecular weight is 443 g/mol. The maximum atomic E-state index is 12.6. The van der Waals surface area contributed by atoms with Gasteiger partial charge in [-0.3, -0.25) is 9.69 Å². The summed E-state index contributed by atoms with van der Waals surface area (Å²) in [5, 5.41) is 2.24. The zero-order valence-electron chi connectivity index (χ0n) is 16.1. The Bertz CT molecular complexity index is 978. The highest BCUT2D eigenvalue weighted by molar-refractivity contribution is 7.89. The molecule has 2 aromatic rings. The van der Waals surface area contributed by atoms with E-state index in [1.165, 1.54) is 39.7 Å². The lowest BCUT2D eigenvalue weighted by Crippen LogP contribution is -2.40. The summed E-state index contributed by atoms with van der Waals surface area (Å²) in [7, 11) is -3.69. The molecular formula is C17H22N4O6S2. The molecular weight excluding hydrogens is 420 g/mol. The Kier molecular flexibility index (Phi) is 6.67. The van der Waals surface area contributed by atoms with Crippen molar-refractivity contribution in [3.63, 3.8) is 0 Å². The quantitative estimate of drug-likeness (QED) is 0.640. The number of hydrogen-bond donors (Lipinski definition) is 1. The van der Waals surface area contributed by atoms with Crippen molar-refractivity contribution in [2.45, 2.75) is 25.3 Å². The number of anilines is 1. The molecule has 1 amide bonds. The van der Waals surface area contributed by atoms with Gasteiger partial charge in [0.25, 0.3) is 0 Å². The largest absolute Gasteiger partial charge is 0.454 e. The summed E-state index contributed by atoms with van der Waals surface area (Å²) >= 11 is 1.28. The second kappa shape index (κ2) is 9.03. The van der Waals surface area contributed by atoms with Crippen molar-refractivity contribution in [2.75, 3.05) is 37.7 Å². The molecule has 12 heteroatoms. The number of ether oxygens (including phenoxy) is 2. The number of H-pyrrole nitrogens is 1. The van der Waals surface area contributed by atoms with Crippen LogP contribution in [0, 0.1) is 0 Å². The molecule has 0 bridgehead atoms. The summed E-state index contributed by atoms with van der Waals surface area (Å²) in [5.41, 5.74) is 0.539. The Hall–Kier alpha value is -2.28. The first kappa shape index (κ1) is 21.4. The fraction of sp³-hybridized carbons (Fsp3) is 0.471. The summed E-state index contributed by atoms with van der Waals surface area (Å²) in [6.45, 7) is 4.93. The smallest absolute Gasteiger partial charge is 0.355 e. The lowest BCUT2D eigenvalue weighted by atomic mass is 10.4. The van der Waals surface area contributed by atoms with Crippen molar-refractivity contribution >= 4 is 38.4 Å². The molecule has 2 aromatic heterocycles. The third-order valence-corrected chi connectivity index (χ3v) is 7.09. The highest BCUT2D eigenvalue weighted by atomic mass is 32.2. The van der Waals surface area contributed by atoms with Gasteiger partial charge in [0.05, 0.1) is 18.9 Å². The fourth-order valence-electron chi connectivity index (χ4n) is 2.77. The van der Waals surface area contributed by atoms with Gasteiger partial charge in [0.1, 0.15) is 17.2 Å². The van der Waals surface area contributed by atoms with Crippen molar-refractivity contribution < 1.29 is 27.5 Å². The summed E-state index contributed by atoms with van der Waals surface area (Å²) in [5.74, 6) is -0.812. The van der Waals surface area contributed by atoms with Gasteiger partial charge < -0.3 is 14.5 Å². The number of aromatic amines is 1. The normalized spacial score (nSPS) is 15.2. The number of carbonyl (C=O) groups is 2. The maximum Gasteiger partial charge on any atom is 0.355 e. The number of morpholine rings is 1. The van der Waals surface area contributed by atoms with E-state index in [-0.39, 0.29) is 36.2 Å². The minimum Gasteiger partial charge on any atom is -0.454 e. The number of sulfonamides is 1. The number of nitrogens with zero attached hydrogens (tertiary/aromatic N) is 3. The number of rotatable bonds is 7. The maximum absolute atomic E-state index is 12.6. The Morgan fingerprint density at radius 1 is 1.38 bits per heavy atom. The van der Waals surface area contributed by atoms with Crippen molar-refractivity contribution in [1.82, 2.24) is 14.3 Å². The molecule has 158 valence electrons. The number of amides is 1. The van der Waals surface area contributed by atoms with Crippen molar-refractivity contribution in [3.8, 4) is 0 Å². The van der Waals surface area contributed by atoms with E-state index in [9.17, 15) is 18.0 Å². The number of thiazole rings is 1.